The minimum atomic E-state index is -0.190. The number of rotatable bonds is 8. The van der Waals surface area contributed by atoms with Crippen molar-refractivity contribution in [2.24, 2.45) is 0 Å². The normalized spacial score (nSPS) is 12.5. The SMILES string of the molecule is CCC(O)CCNCC(c1ccccc1)c1ccccc1. The zero-order valence-corrected chi connectivity index (χ0v) is 12.7. The van der Waals surface area contributed by atoms with E-state index in [1.807, 2.05) is 6.92 Å². The molecule has 0 saturated heterocycles. The first-order valence-corrected chi connectivity index (χ1v) is 7.80. The molecule has 0 radical (unpaired) electrons. The number of hydrogen-bond donors (Lipinski definition) is 2. The van der Waals surface area contributed by atoms with Gasteiger partial charge >= 0.3 is 0 Å². The molecule has 0 aromatic heterocycles. The first-order chi connectivity index (χ1) is 10.3. The van der Waals surface area contributed by atoms with E-state index in [1.165, 1.54) is 11.1 Å². The van der Waals surface area contributed by atoms with Crippen LogP contribution >= 0.6 is 0 Å². The summed E-state index contributed by atoms with van der Waals surface area (Å²) in [5.74, 6) is 0.353. The van der Waals surface area contributed by atoms with Gasteiger partial charge in [0.05, 0.1) is 6.10 Å². The molecule has 0 aliphatic carbocycles. The Labute approximate surface area is 127 Å². The van der Waals surface area contributed by atoms with Crippen molar-refractivity contribution in [3.63, 3.8) is 0 Å². The number of aliphatic hydroxyl groups is 1. The van der Waals surface area contributed by atoms with Gasteiger partial charge < -0.3 is 10.4 Å². The summed E-state index contributed by atoms with van der Waals surface area (Å²) in [6.45, 7) is 3.76. The second-order valence-electron chi connectivity index (χ2n) is 5.43. The zero-order chi connectivity index (χ0) is 14.9. The highest BCUT2D eigenvalue weighted by atomic mass is 16.3. The van der Waals surface area contributed by atoms with E-state index in [4.69, 9.17) is 0 Å². The van der Waals surface area contributed by atoms with E-state index >= 15 is 0 Å². The largest absolute Gasteiger partial charge is 0.393 e. The van der Waals surface area contributed by atoms with Crippen LogP contribution in [0.15, 0.2) is 60.7 Å². The third-order valence-electron chi connectivity index (χ3n) is 3.88. The van der Waals surface area contributed by atoms with E-state index in [0.717, 1.165) is 25.9 Å². The highest BCUT2D eigenvalue weighted by molar-refractivity contribution is 5.32. The van der Waals surface area contributed by atoms with Gasteiger partial charge in [-0.05, 0) is 30.5 Å². The van der Waals surface area contributed by atoms with Crippen molar-refractivity contribution < 1.29 is 5.11 Å². The van der Waals surface area contributed by atoms with Gasteiger partial charge in [0, 0.05) is 12.5 Å². The summed E-state index contributed by atoms with van der Waals surface area (Å²) in [6.07, 6.45) is 1.44. The molecule has 0 saturated carbocycles. The topological polar surface area (TPSA) is 32.3 Å². The smallest absolute Gasteiger partial charge is 0.0549 e. The Bertz CT molecular complexity index is 458. The average Bonchev–Trinajstić information content (AvgIpc) is 2.56. The summed E-state index contributed by atoms with van der Waals surface area (Å²) >= 11 is 0. The summed E-state index contributed by atoms with van der Waals surface area (Å²) in [6, 6.07) is 21.2. The van der Waals surface area contributed by atoms with Crippen LogP contribution in [0.1, 0.15) is 36.8 Å². The van der Waals surface area contributed by atoms with Crippen LogP contribution in [0.2, 0.25) is 0 Å². The van der Waals surface area contributed by atoms with Gasteiger partial charge in [-0.25, -0.2) is 0 Å². The van der Waals surface area contributed by atoms with Gasteiger partial charge in [0.25, 0.3) is 0 Å². The van der Waals surface area contributed by atoms with Gasteiger partial charge in [-0.15, -0.1) is 0 Å². The lowest BCUT2D eigenvalue weighted by atomic mass is 9.91. The second-order valence-corrected chi connectivity index (χ2v) is 5.43. The van der Waals surface area contributed by atoms with Crippen LogP contribution in [0.5, 0.6) is 0 Å². The third kappa shape index (κ3) is 5.00. The number of nitrogens with one attached hydrogen (secondary N) is 1. The zero-order valence-electron chi connectivity index (χ0n) is 12.7. The van der Waals surface area contributed by atoms with Crippen molar-refractivity contribution in [2.75, 3.05) is 13.1 Å². The molecule has 2 nitrogen and oxygen atoms in total. The van der Waals surface area contributed by atoms with E-state index in [1.54, 1.807) is 0 Å². The van der Waals surface area contributed by atoms with Gasteiger partial charge in [0.15, 0.2) is 0 Å². The Morgan fingerprint density at radius 1 is 0.905 bits per heavy atom. The molecule has 2 aromatic rings. The van der Waals surface area contributed by atoms with Crippen LogP contribution in [-0.2, 0) is 0 Å². The minimum Gasteiger partial charge on any atom is -0.393 e. The summed E-state index contributed by atoms with van der Waals surface area (Å²) < 4.78 is 0. The van der Waals surface area contributed by atoms with Crippen LogP contribution in [0.25, 0.3) is 0 Å². The molecule has 112 valence electrons. The minimum absolute atomic E-state index is 0.190. The molecule has 0 bridgehead atoms. The van der Waals surface area contributed by atoms with Crippen LogP contribution in [0.4, 0.5) is 0 Å². The molecule has 2 heteroatoms. The van der Waals surface area contributed by atoms with Crippen molar-refractivity contribution in [1.82, 2.24) is 5.32 Å². The quantitative estimate of drug-likeness (QED) is 0.726. The number of benzene rings is 2. The van der Waals surface area contributed by atoms with Gasteiger partial charge in [-0.3, -0.25) is 0 Å². The van der Waals surface area contributed by atoms with Crippen molar-refractivity contribution >= 4 is 0 Å². The Morgan fingerprint density at radius 2 is 1.43 bits per heavy atom. The maximum Gasteiger partial charge on any atom is 0.0549 e. The Kier molecular flexibility index (Phi) is 6.45. The van der Waals surface area contributed by atoms with Gasteiger partial charge in [0.2, 0.25) is 0 Å². The molecule has 2 aromatic carbocycles. The van der Waals surface area contributed by atoms with E-state index in [9.17, 15) is 5.11 Å². The lowest BCUT2D eigenvalue weighted by molar-refractivity contribution is 0.160. The Balaban J connectivity index is 2.00. The highest BCUT2D eigenvalue weighted by Crippen LogP contribution is 2.23. The second kappa shape index (κ2) is 8.60. The monoisotopic (exact) mass is 283 g/mol. The third-order valence-corrected chi connectivity index (χ3v) is 3.88. The summed E-state index contributed by atoms with van der Waals surface area (Å²) in [7, 11) is 0. The molecule has 0 aliphatic rings. The van der Waals surface area contributed by atoms with Crippen molar-refractivity contribution in [2.45, 2.75) is 31.8 Å². The molecule has 0 spiro atoms. The number of aliphatic hydroxyl groups excluding tert-OH is 1. The molecule has 1 unspecified atom stereocenters. The maximum absolute atomic E-state index is 9.62. The molecule has 0 aliphatic heterocycles. The lowest BCUT2D eigenvalue weighted by Crippen LogP contribution is -2.25. The van der Waals surface area contributed by atoms with Crippen molar-refractivity contribution in [3.05, 3.63) is 71.8 Å². The van der Waals surface area contributed by atoms with Gasteiger partial charge in [-0.1, -0.05) is 67.6 Å². The molecular weight excluding hydrogens is 258 g/mol. The molecule has 0 fully saturated rings. The number of hydrogen-bond acceptors (Lipinski definition) is 2. The highest BCUT2D eigenvalue weighted by Gasteiger charge is 2.13. The fourth-order valence-electron chi connectivity index (χ4n) is 2.52. The first kappa shape index (κ1) is 15.7. The van der Waals surface area contributed by atoms with Crippen molar-refractivity contribution in [1.29, 1.82) is 0 Å². The fraction of sp³-hybridized carbons (Fsp3) is 0.368. The first-order valence-electron chi connectivity index (χ1n) is 7.80. The maximum atomic E-state index is 9.62. The van der Waals surface area contributed by atoms with Gasteiger partial charge in [0.1, 0.15) is 0 Å². The molecule has 2 rings (SSSR count). The standard InChI is InChI=1S/C19H25NO/c1-2-18(21)13-14-20-15-19(16-9-5-3-6-10-16)17-11-7-4-8-12-17/h3-12,18-21H,2,13-15H2,1H3. The summed E-state index contributed by atoms with van der Waals surface area (Å²) in [5.41, 5.74) is 2.65. The van der Waals surface area contributed by atoms with Crippen molar-refractivity contribution in [3.8, 4) is 0 Å². The van der Waals surface area contributed by atoms with E-state index in [0.29, 0.717) is 5.92 Å². The molecule has 2 N–H and O–H groups in total. The van der Waals surface area contributed by atoms with Crippen LogP contribution in [0.3, 0.4) is 0 Å². The van der Waals surface area contributed by atoms with E-state index in [2.05, 4.69) is 66.0 Å². The lowest BCUT2D eigenvalue weighted by Gasteiger charge is -2.19. The van der Waals surface area contributed by atoms with Crippen LogP contribution in [0, 0.1) is 0 Å². The Morgan fingerprint density at radius 3 is 1.90 bits per heavy atom. The summed E-state index contributed by atoms with van der Waals surface area (Å²) in [5, 5.41) is 13.1. The average molecular weight is 283 g/mol. The molecule has 1 atom stereocenters. The van der Waals surface area contributed by atoms with Gasteiger partial charge in [-0.2, -0.15) is 0 Å². The fourth-order valence-corrected chi connectivity index (χ4v) is 2.52. The Hall–Kier alpha value is -1.64. The molecular formula is C19H25NO. The van der Waals surface area contributed by atoms with Crippen LogP contribution < -0.4 is 5.32 Å². The molecule has 21 heavy (non-hydrogen) atoms. The van der Waals surface area contributed by atoms with E-state index < -0.39 is 0 Å². The predicted molar refractivity (Wildman–Crippen MR) is 88.5 cm³/mol. The molecule has 0 heterocycles. The van der Waals surface area contributed by atoms with Crippen LogP contribution in [-0.4, -0.2) is 24.3 Å². The predicted octanol–water partition coefficient (Wildman–Crippen LogP) is 3.57. The summed E-state index contributed by atoms with van der Waals surface area (Å²) in [4.78, 5) is 0. The molecule has 0 amide bonds. The van der Waals surface area contributed by atoms with E-state index in [-0.39, 0.29) is 6.10 Å².